The number of alkyl halides is 3. The molecule has 0 aliphatic carbocycles. The summed E-state index contributed by atoms with van der Waals surface area (Å²) in [6.07, 6.45) is -5.44. The zero-order valence-corrected chi connectivity index (χ0v) is 18.4. The van der Waals surface area contributed by atoms with E-state index >= 15 is 0 Å². The van der Waals surface area contributed by atoms with Crippen LogP contribution < -0.4 is 11.1 Å². The van der Waals surface area contributed by atoms with Gasteiger partial charge < -0.3 is 16.2 Å². The number of aliphatic hydroxyl groups excluding tert-OH is 1. The minimum absolute atomic E-state index is 0.0659. The second kappa shape index (κ2) is 8.66. The highest BCUT2D eigenvalue weighted by Gasteiger charge is 2.32. The number of nitrogens with two attached hydrogens (primary N) is 1. The molecule has 4 rings (SSSR count). The number of nitrogens with one attached hydrogen (secondary N) is 1. The summed E-state index contributed by atoms with van der Waals surface area (Å²) in [5.41, 5.74) is 6.38. The van der Waals surface area contributed by atoms with E-state index in [0.717, 1.165) is 0 Å². The number of halogens is 4. The number of hydrogen-bond acceptors (Lipinski definition) is 5. The molecule has 182 valence electrons. The van der Waals surface area contributed by atoms with E-state index in [1.54, 1.807) is 13.8 Å². The molecule has 0 saturated heterocycles. The lowest BCUT2D eigenvalue weighted by Crippen LogP contribution is -2.21. The van der Waals surface area contributed by atoms with Crippen molar-refractivity contribution in [2.45, 2.75) is 33.0 Å². The van der Waals surface area contributed by atoms with Crippen LogP contribution >= 0.6 is 0 Å². The molecule has 0 bridgehead atoms. The lowest BCUT2D eigenvalue weighted by Gasteiger charge is -2.15. The number of nitrogens with zero attached hydrogens (tertiary/aromatic N) is 3. The Morgan fingerprint density at radius 3 is 2.60 bits per heavy atom. The van der Waals surface area contributed by atoms with Gasteiger partial charge in [-0.2, -0.15) is 13.2 Å². The van der Waals surface area contributed by atoms with Crippen LogP contribution in [0.1, 0.15) is 38.4 Å². The largest absolute Gasteiger partial charge is 0.416 e. The van der Waals surface area contributed by atoms with Crippen LogP contribution in [0.2, 0.25) is 0 Å². The number of aryl methyl sites for hydroxylation is 3. The van der Waals surface area contributed by atoms with Gasteiger partial charge in [0.2, 0.25) is 0 Å². The summed E-state index contributed by atoms with van der Waals surface area (Å²) >= 11 is 0. The molecule has 0 fully saturated rings. The van der Waals surface area contributed by atoms with Crippen LogP contribution in [0.3, 0.4) is 0 Å². The van der Waals surface area contributed by atoms with Gasteiger partial charge in [0.25, 0.3) is 5.91 Å². The molecule has 1 atom stereocenters. The highest BCUT2D eigenvalue weighted by atomic mass is 19.4. The number of amides is 1. The van der Waals surface area contributed by atoms with Crippen LogP contribution in [0, 0.1) is 26.5 Å². The lowest BCUT2D eigenvalue weighted by atomic mass is 10.0. The van der Waals surface area contributed by atoms with Gasteiger partial charge in [0.15, 0.2) is 6.10 Å². The fourth-order valence-electron chi connectivity index (χ4n) is 3.75. The Balaban J connectivity index is 1.67. The summed E-state index contributed by atoms with van der Waals surface area (Å²) in [5.74, 6) is -2.49. The first-order valence-corrected chi connectivity index (χ1v) is 10.2. The molecule has 2 heterocycles. The molecule has 4 aromatic rings. The van der Waals surface area contributed by atoms with E-state index < -0.39 is 42.0 Å². The first-order valence-electron chi connectivity index (χ1n) is 11.7. The zero-order valence-electron chi connectivity index (χ0n) is 21.4. The molecule has 0 spiro atoms. The Morgan fingerprint density at radius 2 is 1.94 bits per heavy atom. The summed E-state index contributed by atoms with van der Waals surface area (Å²) in [6, 6.07) is 5.85. The van der Waals surface area contributed by atoms with Crippen LogP contribution in [0.4, 0.5) is 29.1 Å². The minimum Gasteiger partial charge on any atom is -0.382 e. The van der Waals surface area contributed by atoms with E-state index in [1.807, 2.05) is 0 Å². The summed E-state index contributed by atoms with van der Waals surface area (Å²) in [5, 5.41) is 12.7. The maximum absolute atomic E-state index is 13.7. The van der Waals surface area contributed by atoms with Gasteiger partial charge in [-0.05, 0) is 62.2 Å². The van der Waals surface area contributed by atoms with Gasteiger partial charge in [0.1, 0.15) is 28.7 Å². The quantitative estimate of drug-likeness (QED) is 0.359. The molecular formula is C24H21F4N5O2. The topological polar surface area (TPSA) is 106 Å². The lowest BCUT2D eigenvalue weighted by molar-refractivity contribution is -0.138. The molecule has 4 N–H and O–H groups in total. The van der Waals surface area contributed by atoms with Gasteiger partial charge in [-0.3, -0.25) is 9.20 Å². The van der Waals surface area contributed by atoms with Crippen LogP contribution in [-0.2, 0) is 11.0 Å². The van der Waals surface area contributed by atoms with Gasteiger partial charge in [-0.25, -0.2) is 14.4 Å². The standard InChI is InChI=1S/C24H21F4N5O2/c1-11-6-17(32-23(35)21(34)14-7-15(24(26,27)28)9-16(25)8-14)4-5-18(11)19-20-22(29)30-12(2)10-33(20)13(3)31-19/h4-10,21,34H,1-3H3,(H2,29,30)(H,32,35)/i3D3. The molecule has 35 heavy (non-hydrogen) atoms. The van der Waals surface area contributed by atoms with Crippen molar-refractivity contribution in [2.75, 3.05) is 11.1 Å². The maximum Gasteiger partial charge on any atom is 0.416 e. The number of aliphatic hydroxyl groups is 1. The van der Waals surface area contributed by atoms with Crippen molar-refractivity contribution < 1.29 is 31.6 Å². The number of imidazole rings is 1. The van der Waals surface area contributed by atoms with E-state index in [1.165, 1.54) is 28.8 Å². The Bertz CT molecular complexity index is 1570. The van der Waals surface area contributed by atoms with Crippen molar-refractivity contribution >= 4 is 22.9 Å². The van der Waals surface area contributed by atoms with Gasteiger partial charge in [0, 0.05) is 21.6 Å². The van der Waals surface area contributed by atoms with Crippen molar-refractivity contribution in [3.05, 3.63) is 76.6 Å². The van der Waals surface area contributed by atoms with E-state index in [0.29, 0.717) is 29.0 Å². The van der Waals surface area contributed by atoms with Crippen LogP contribution in [0.25, 0.3) is 16.8 Å². The molecule has 0 radical (unpaired) electrons. The number of rotatable bonds is 4. The number of nitrogen functional groups attached to an aromatic ring is 1. The highest BCUT2D eigenvalue weighted by molar-refractivity contribution is 5.95. The monoisotopic (exact) mass is 490 g/mol. The molecule has 7 nitrogen and oxygen atoms in total. The molecule has 0 aliphatic rings. The number of hydrogen-bond donors (Lipinski definition) is 3. The average Bonchev–Trinajstić information content (AvgIpc) is 3.17. The number of benzene rings is 2. The van der Waals surface area contributed by atoms with Gasteiger partial charge in [-0.1, -0.05) is 6.07 Å². The van der Waals surface area contributed by atoms with E-state index in [-0.39, 0.29) is 34.6 Å². The van der Waals surface area contributed by atoms with Crippen molar-refractivity contribution in [1.29, 1.82) is 0 Å². The van der Waals surface area contributed by atoms with Gasteiger partial charge >= 0.3 is 6.18 Å². The predicted octanol–water partition coefficient (Wildman–Crippen LogP) is 4.73. The average molecular weight is 490 g/mol. The molecule has 0 aliphatic heterocycles. The van der Waals surface area contributed by atoms with E-state index in [9.17, 15) is 27.5 Å². The molecule has 1 amide bonds. The zero-order chi connectivity index (χ0) is 28.2. The summed E-state index contributed by atoms with van der Waals surface area (Å²) in [6.45, 7) is 0.757. The third kappa shape index (κ3) is 4.67. The Morgan fingerprint density at radius 1 is 1.20 bits per heavy atom. The van der Waals surface area contributed by atoms with Crippen molar-refractivity contribution in [3.63, 3.8) is 0 Å². The molecule has 0 saturated carbocycles. The molecule has 11 heteroatoms. The maximum atomic E-state index is 13.7. The number of carbonyl (C=O) groups excluding carboxylic acids is 1. The molecular weight excluding hydrogens is 466 g/mol. The van der Waals surface area contributed by atoms with Crippen molar-refractivity contribution in [1.82, 2.24) is 14.4 Å². The summed E-state index contributed by atoms with van der Waals surface area (Å²) in [7, 11) is 0. The predicted molar refractivity (Wildman–Crippen MR) is 122 cm³/mol. The first-order chi connectivity index (χ1) is 17.6. The third-order valence-corrected chi connectivity index (χ3v) is 5.33. The second-order valence-electron chi connectivity index (χ2n) is 7.96. The summed E-state index contributed by atoms with van der Waals surface area (Å²) in [4.78, 5) is 21.1. The number of fused-ring (bicyclic) bond motifs is 1. The fourth-order valence-corrected chi connectivity index (χ4v) is 3.75. The highest BCUT2D eigenvalue weighted by Crippen LogP contribution is 2.33. The fraction of sp³-hybridized carbons (Fsp3) is 0.208. The number of aromatic nitrogens is 3. The van der Waals surface area contributed by atoms with Crippen molar-refractivity contribution in [3.8, 4) is 11.3 Å². The minimum atomic E-state index is -4.87. The summed E-state index contributed by atoms with van der Waals surface area (Å²) < 4.78 is 77.6. The number of anilines is 2. The smallest absolute Gasteiger partial charge is 0.382 e. The van der Waals surface area contributed by atoms with Crippen LogP contribution in [0.5, 0.6) is 0 Å². The second-order valence-corrected chi connectivity index (χ2v) is 7.96. The molecule has 2 aromatic carbocycles. The van der Waals surface area contributed by atoms with Crippen LogP contribution in [-0.4, -0.2) is 25.4 Å². The van der Waals surface area contributed by atoms with Gasteiger partial charge in [-0.15, -0.1) is 0 Å². The Labute approximate surface area is 201 Å². The van der Waals surface area contributed by atoms with E-state index in [2.05, 4.69) is 15.3 Å². The molecule has 1 unspecified atom stereocenters. The normalized spacial score (nSPS) is 14.3. The van der Waals surface area contributed by atoms with Crippen molar-refractivity contribution in [2.24, 2.45) is 0 Å². The van der Waals surface area contributed by atoms with Crippen LogP contribution in [0.15, 0.2) is 42.6 Å². The first kappa shape index (κ1) is 20.4. The third-order valence-electron chi connectivity index (χ3n) is 5.33. The Hall–Kier alpha value is -3.99. The van der Waals surface area contributed by atoms with Gasteiger partial charge in [0.05, 0.1) is 11.3 Å². The Kier molecular flexibility index (Phi) is 5.04. The molecule has 2 aromatic heterocycles. The number of carbonyl (C=O) groups is 1. The van der Waals surface area contributed by atoms with E-state index in [4.69, 9.17) is 9.85 Å². The SMILES string of the molecule is [2H]C([2H])([2H])c1nc(-c2ccc(NC(=O)C(O)c3cc(F)cc(C(F)(F)F)c3)cc2C)c2c(N)nc(C)cn12.